The number of benzene rings is 1. The maximum absolute atomic E-state index is 9.77. The Bertz CT molecular complexity index is 293. The molecular formula is C13H18O3. The third-order valence-electron chi connectivity index (χ3n) is 2.80. The first-order valence-corrected chi connectivity index (χ1v) is 5.82. The van der Waals surface area contributed by atoms with Gasteiger partial charge in [0.25, 0.3) is 0 Å². The Kier molecular flexibility index (Phi) is 4.34. The molecule has 0 radical (unpaired) electrons. The van der Waals surface area contributed by atoms with Crippen LogP contribution in [0.25, 0.3) is 0 Å². The number of aliphatic hydroxyl groups is 1. The molecule has 88 valence electrons. The van der Waals surface area contributed by atoms with Crippen molar-refractivity contribution >= 4 is 0 Å². The summed E-state index contributed by atoms with van der Waals surface area (Å²) in [5.74, 6) is 0. The maximum atomic E-state index is 9.77. The van der Waals surface area contributed by atoms with Gasteiger partial charge in [0.1, 0.15) is 0 Å². The molecule has 0 aliphatic carbocycles. The predicted octanol–water partition coefficient (Wildman–Crippen LogP) is 2.26. The Morgan fingerprint density at radius 3 is 2.81 bits per heavy atom. The lowest BCUT2D eigenvalue weighted by atomic mass is 10.1. The summed E-state index contributed by atoms with van der Waals surface area (Å²) in [6, 6.07) is 9.40. The molecule has 1 aromatic rings. The Morgan fingerprint density at radius 1 is 1.31 bits per heavy atom. The zero-order valence-corrected chi connectivity index (χ0v) is 9.34. The van der Waals surface area contributed by atoms with Crippen molar-refractivity contribution in [2.45, 2.75) is 31.7 Å². The van der Waals surface area contributed by atoms with Crippen LogP contribution in [0.2, 0.25) is 0 Å². The van der Waals surface area contributed by atoms with E-state index >= 15 is 0 Å². The van der Waals surface area contributed by atoms with Gasteiger partial charge in [0.05, 0.1) is 12.7 Å². The smallest absolute Gasteiger partial charge is 0.181 e. The summed E-state index contributed by atoms with van der Waals surface area (Å²) >= 11 is 0. The van der Waals surface area contributed by atoms with Crippen LogP contribution < -0.4 is 0 Å². The fourth-order valence-electron chi connectivity index (χ4n) is 1.85. The van der Waals surface area contributed by atoms with Gasteiger partial charge in [0, 0.05) is 12.2 Å². The van der Waals surface area contributed by atoms with Gasteiger partial charge >= 0.3 is 0 Å². The average molecular weight is 222 g/mol. The topological polar surface area (TPSA) is 38.7 Å². The second-order valence-electron chi connectivity index (χ2n) is 4.08. The van der Waals surface area contributed by atoms with Gasteiger partial charge in [0.15, 0.2) is 6.29 Å². The number of aliphatic hydroxyl groups excluding tert-OH is 1. The summed E-state index contributed by atoms with van der Waals surface area (Å²) in [6.45, 7) is 1.28. The molecule has 0 bridgehead atoms. The predicted molar refractivity (Wildman–Crippen MR) is 60.9 cm³/mol. The van der Waals surface area contributed by atoms with Gasteiger partial charge in [-0.2, -0.15) is 0 Å². The molecule has 3 nitrogen and oxygen atoms in total. The molecule has 1 aromatic carbocycles. The Hall–Kier alpha value is -0.900. The van der Waals surface area contributed by atoms with E-state index in [1.807, 2.05) is 30.3 Å². The molecule has 0 amide bonds. The molecule has 1 aliphatic rings. The van der Waals surface area contributed by atoms with Crippen LogP contribution in [0.3, 0.4) is 0 Å². The quantitative estimate of drug-likeness (QED) is 0.794. The fraction of sp³-hybridized carbons (Fsp3) is 0.538. The van der Waals surface area contributed by atoms with Crippen molar-refractivity contribution in [2.24, 2.45) is 0 Å². The van der Waals surface area contributed by atoms with E-state index in [0.717, 1.165) is 25.0 Å². The van der Waals surface area contributed by atoms with Crippen molar-refractivity contribution in [1.82, 2.24) is 0 Å². The largest absolute Gasteiger partial charge is 0.376 e. The molecule has 3 heteroatoms. The van der Waals surface area contributed by atoms with E-state index in [4.69, 9.17) is 9.47 Å². The minimum atomic E-state index is -0.841. The van der Waals surface area contributed by atoms with Crippen molar-refractivity contribution in [3.63, 3.8) is 0 Å². The first kappa shape index (κ1) is 11.6. The van der Waals surface area contributed by atoms with E-state index < -0.39 is 6.29 Å². The van der Waals surface area contributed by atoms with Crippen LogP contribution in [0.1, 0.15) is 31.1 Å². The van der Waals surface area contributed by atoms with E-state index in [1.54, 1.807) is 0 Å². The molecular weight excluding hydrogens is 204 g/mol. The highest BCUT2D eigenvalue weighted by atomic mass is 16.6. The van der Waals surface area contributed by atoms with Crippen LogP contribution in [0.15, 0.2) is 30.3 Å². The van der Waals surface area contributed by atoms with E-state index in [0.29, 0.717) is 6.61 Å². The Balaban J connectivity index is 1.77. The zero-order chi connectivity index (χ0) is 11.2. The fourth-order valence-corrected chi connectivity index (χ4v) is 1.85. The second kappa shape index (κ2) is 5.99. The third kappa shape index (κ3) is 3.30. The van der Waals surface area contributed by atoms with Crippen LogP contribution >= 0.6 is 0 Å². The van der Waals surface area contributed by atoms with Crippen molar-refractivity contribution in [3.05, 3.63) is 35.9 Å². The van der Waals surface area contributed by atoms with Crippen molar-refractivity contribution < 1.29 is 14.6 Å². The van der Waals surface area contributed by atoms with E-state index in [9.17, 15) is 5.11 Å². The maximum Gasteiger partial charge on any atom is 0.181 e. The summed E-state index contributed by atoms with van der Waals surface area (Å²) in [5.41, 5.74) is 0.790. The van der Waals surface area contributed by atoms with Crippen molar-refractivity contribution in [2.75, 3.05) is 13.2 Å². The van der Waals surface area contributed by atoms with Crippen molar-refractivity contribution in [3.8, 4) is 0 Å². The molecule has 0 saturated carbocycles. The highest BCUT2D eigenvalue weighted by Crippen LogP contribution is 2.17. The zero-order valence-electron chi connectivity index (χ0n) is 9.34. The van der Waals surface area contributed by atoms with Crippen LogP contribution in [-0.4, -0.2) is 24.4 Å². The summed E-state index contributed by atoms with van der Waals surface area (Å²) < 4.78 is 10.9. The molecule has 2 rings (SSSR count). The van der Waals surface area contributed by atoms with E-state index in [-0.39, 0.29) is 6.10 Å². The molecule has 16 heavy (non-hydrogen) atoms. The molecule has 0 aromatic heterocycles. The molecule has 1 heterocycles. The van der Waals surface area contributed by atoms with E-state index in [2.05, 4.69) is 0 Å². The molecule has 0 spiro atoms. The van der Waals surface area contributed by atoms with E-state index in [1.165, 1.54) is 6.42 Å². The Labute approximate surface area is 96.0 Å². The molecule has 1 aliphatic heterocycles. The second-order valence-corrected chi connectivity index (χ2v) is 4.08. The number of hydrogen-bond acceptors (Lipinski definition) is 3. The highest BCUT2D eigenvalue weighted by molar-refractivity contribution is 5.15. The minimum Gasteiger partial charge on any atom is -0.376 e. The average Bonchev–Trinajstić information content (AvgIpc) is 2.38. The molecule has 1 saturated heterocycles. The van der Waals surface area contributed by atoms with Crippen LogP contribution in [0, 0.1) is 0 Å². The summed E-state index contributed by atoms with van der Waals surface area (Å²) in [5, 5.41) is 9.77. The lowest BCUT2D eigenvalue weighted by Gasteiger charge is -2.23. The monoisotopic (exact) mass is 222 g/mol. The molecule has 1 unspecified atom stereocenters. The normalized spacial score (nSPS) is 22.9. The first-order valence-electron chi connectivity index (χ1n) is 5.82. The van der Waals surface area contributed by atoms with Gasteiger partial charge in [-0.25, -0.2) is 0 Å². The van der Waals surface area contributed by atoms with Crippen LogP contribution in [-0.2, 0) is 9.47 Å². The lowest BCUT2D eigenvalue weighted by molar-refractivity contribution is -0.140. The highest BCUT2D eigenvalue weighted by Gasteiger charge is 2.16. The Morgan fingerprint density at radius 2 is 2.12 bits per heavy atom. The summed E-state index contributed by atoms with van der Waals surface area (Å²) in [6.07, 6.45) is 2.66. The number of hydrogen-bond donors (Lipinski definition) is 1. The van der Waals surface area contributed by atoms with Gasteiger partial charge in [0.2, 0.25) is 0 Å². The third-order valence-corrected chi connectivity index (χ3v) is 2.80. The van der Waals surface area contributed by atoms with Crippen LogP contribution in [0.5, 0.6) is 0 Å². The van der Waals surface area contributed by atoms with Gasteiger partial charge in [-0.05, 0) is 19.3 Å². The number of ether oxygens (including phenoxy) is 2. The van der Waals surface area contributed by atoms with Gasteiger partial charge in [-0.15, -0.1) is 0 Å². The molecule has 1 N–H and O–H groups in total. The van der Waals surface area contributed by atoms with Gasteiger partial charge < -0.3 is 14.6 Å². The SMILES string of the molecule is OC(OC[C@@H]1CCCCO1)c1ccccc1. The number of rotatable bonds is 4. The van der Waals surface area contributed by atoms with Gasteiger partial charge in [-0.3, -0.25) is 0 Å². The molecule has 1 fully saturated rings. The summed E-state index contributed by atoms with van der Waals surface area (Å²) in [7, 11) is 0. The molecule has 2 atom stereocenters. The minimum absolute atomic E-state index is 0.145. The standard InChI is InChI=1S/C13H18O3/c14-13(11-6-2-1-3-7-11)16-10-12-8-4-5-9-15-12/h1-3,6-7,12-14H,4-5,8-10H2/t12-,13?/m0/s1. The van der Waals surface area contributed by atoms with Crippen LogP contribution in [0.4, 0.5) is 0 Å². The summed E-state index contributed by atoms with van der Waals surface area (Å²) in [4.78, 5) is 0. The lowest BCUT2D eigenvalue weighted by Crippen LogP contribution is -2.25. The van der Waals surface area contributed by atoms with Crippen molar-refractivity contribution in [1.29, 1.82) is 0 Å². The first-order chi connectivity index (χ1) is 7.86. The van der Waals surface area contributed by atoms with Gasteiger partial charge in [-0.1, -0.05) is 30.3 Å².